The molecule has 7 nitrogen and oxygen atoms in total. The molecule has 0 aromatic heterocycles. The number of aliphatic hydroxyl groups is 1. The van der Waals surface area contributed by atoms with Crippen LogP contribution in [-0.4, -0.2) is 46.8 Å². The number of carbonyl (C=O) groups is 3. The molecule has 0 radical (unpaired) electrons. The van der Waals surface area contributed by atoms with Gasteiger partial charge in [-0.25, -0.2) is 9.59 Å². The fourth-order valence-electron chi connectivity index (χ4n) is 4.46. The summed E-state index contributed by atoms with van der Waals surface area (Å²) in [5.74, 6) is -1.54. The second-order valence-corrected chi connectivity index (χ2v) is 8.69. The summed E-state index contributed by atoms with van der Waals surface area (Å²) in [5, 5.41) is 22.0. The molecule has 0 saturated heterocycles. The van der Waals surface area contributed by atoms with Crippen molar-refractivity contribution in [2.24, 2.45) is 5.92 Å². The molecule has 33 heavy (non-hydrogen) atoms. The maximum Gasteiger partial charge on any atom is 0.407 e. The van der Waals surface area contributed by atoms with Gasteiger partial charge in [-0.05, 0) is 41.0 Å². The largest absolute Gasteiger partial charge is 0.480 e. The van der Waals surface area contributed by atoms with Gasteiger partial charge >= 0.3 is 12.1 Å². The Bertz CT molecular complexity index is 958. The van der Waals surface area contributed by atoms with Crippen LogP contribution in [-0.2, 0) is 14.3 Å². The van der Waals surface area contributed by atoms with E-state index in [1.54, 1.807) is 13.8 Å². The number of carboxylic acid groups (broad SMARTS) is 1. The van der Waals surface area contributed by atoms with Gasteiger partial charge in [-0.2, -0.15) is 0 Å². The van der Waals surface area contributed by atoms with E-state index < -0.39 is 24.2 Å². The highest BCUT2D eigenvalue weighted by atomic mass is 16.5. The van der Waals surface area contributed by atoms with Gasteiger partial charge in [0.2, 0.25) is 0 Å². The number of rotatable bonds is 11. The summed E-state index contributed by atoms with van der Waals surface area (Å²) >= 11 is 0. The molecule has 0 aliphatic heterocycles. The minimum absolute atomic E-state index is 0.0405. The molecule has 3 rings (SSSR count). The molecule has 1 aliphatic carbocycles. The molecule has 0 spiro atoms. The van der Waals surface area contributed by atoms with E-state index in [0.717, 1.165) is 22.3 Å². The Morgan fingerprint density at radius 3 is 2.12 bits per heavy atom. The number of hydrogen-bond donors (Lipinski definition) is 3. The SMILES string of the molecule is CCC(=O)C[C@H](O)C[C@@H](C)C[C@H](NC(=O)OCC1c2ccccc2-c2ccccc21)C(=O)O. The first-order chi connectivity index (χ1) is 15.8. The number of alkyl carbamates (subject to hydrolysis) is 1. The smallest absolute Gasteiger partial charge is 0.407 e. The van der Waals surface area contributed by atoms with Gasteiger partial charge in [-0.15, -0.1) is 0 Å². The highest BCUT2D eigenvalue weighted by molar-refractivity contribution is 5.81. The van der Waals surface area contributed by atoms with E-state index in [0.29, 0.717) is 6.42 Å². The van der Waals surface area contributed by atoms with Gasteiger partial charge in [0, 0.05) is 18.8 Å². The normalized spacial score (nSPS) is 15.1. The Kier molecular flexibility index (Phi) is 8.22. The maximum atomic E-state index is 12.4. The summed E-state index contributed by atoms with van der Waals surface area (Å²) in [6.45, 7) is 3.62. The van der Waals surface area contributed by atoms with Gasteiger partial charge < -0.3 is 20.3 Å². The van der Waals surface area contributed by atoms with Crippen molar-refractivity contribution in [2.75, 3.05) is 6.61 Å². The Balaban J connectivity index is 1.56. The van der Waals surface area contributed by atoms with Crippen molar-refractivity contribution < 1.29 is 29.3 Å². The van der Waals surface area contributed by atoms with E-state index in [2.05, 4.69) is 5.32 Å². The van der Waals surface area contributed by atoms with Crippen molar-refractivity contribution in [3.05, 3.63) is 59.7 Å². The predicted molar refractivity (Wildman–Crippen MR) is 124 cm³/mol. The molecular formula is C26H31NO6. The van der Waals surface area contributed by atoms with E-state index in [1.165, 1.54) is 0 Å². The Morgan fingerprint density at radius 1 is 1.00 bits per heavy atom. The minimum atomic E-state index is -1.17. The van der Waals surface area contributed by atoms with Gasteiger partial charge in [0.05, 0.1) is 6.10 Å². The molecule has 3 atom stereocenters. The fourth-order valence-corrected chi connectivity index (χ4v) is 4.46. The number of aliphatic carboxylic acids is 1. The Hall–Kier alpha value is -3.19. The standard InChI is InChI=1S/C26H31NO6/c1-3-17(28)14-18(29)12-16(2)13-24(25(30)31)27-26(32)33-15-23-21-10-6-4-8-19(21)20-9-5-7-11-22(20)23/h4-11,16,18,23-24,29H,3,12-15H2,1-2H3,(H,27,32)(H,30,31)/t16-,18-,24+/m1/s1. The van der Waals surface area contributed by atoms with E-state index in [4.69, 9.17) is 4.74 Å². The predicted octanol–water partition coefficient (Wildman–Crippen LogP) is 4.12. The fraction of sp³-hybridized carbons (Fsp3) is 0.423. The number of ether oxygens (including phenoxy) is 1. The van der Waals surface area contributed by atoms with Crippen LogP contribution in [0.25, 0.3) is 11.1 Å². The summed E-state index contributed by atoms with van der Waals surface area (Å²) in [6, 6.07) is 14.8. The summed E-state index contributed by atoms with van der Waals surface area (Å²) < 4.78 is 5.44. The van der Waals surface area contributed by atoms with Crippen LogP contribution >= 0.6 is 0 Å². The quantitative estimate of drug-likeness (QED) is 0.472. The lowest BCUT2D eigenvalue weighted by atomic mass is 9.93. The molecule has 0 bridgehead atoms. The number of benzene rings is 2. The molecule has 2 aromatic rings. The van der Waals surface area contributed by atoms with Crippen LogP contribution in [0.2, 0.25) is 0 Å². The molecule has 7 heteroatoms. The van der Waals surface area contributed by atoms with Crippen molar-refractivity contribution in [2.45, 2.75) is 57.6 Å². The number of fused-ring (bicyclic) bond motifs is 3. The molecule has 0 saturated carbocycles. The number of amides is 1. The van der Waals surface area contributed by atoms with Gasteiger partial charge in [0.25, 0.3) is 0 Å². The Morgan fingerprint density at radius 2 is 1.58 bits per heavy atom. The first-order valence-corrected chi connectivity index (χ1v) is 11.3. The van der Waals surface area contributed by atoms with Crippen molar-refractivity contribution in [1.29, 1.82) is 0 Å². The third-order valence-electron chi connectivity index (χ3n) is 6.10. The summed E-state index contributed by atoms with van der Waals surface area (Å²) in [4.78, 5) is 35.6. The monoisotopic (exact) mass is 453 g/mol. The van der Waals surface area contributed by atoms with Crippen molar-refractivity contribution in [1.82, 2.24) is 5.32 Å². The van der Waals surface area contributed by atoms with Crippen LogP contribution in [0.4, 0.5) is 4.79 Å². The molecule has 3 N–H and O–H groups in total. The zero-order valence-corrected chi connectivity index (χ0v) is 19.0. The first kappa shape index (κ1) is 24.5. The van der Waals surface area contributed by atoms with E-state index in [9.17, 15) is 24.6 Å². The molecule has 0 fully saturated rings. The topological polar surface area (TPSA) is 113 Å². The summed E-state index contributed by atoms with van der Waals surface area (Å²) in [7, 11) is 0. The van der Waals surface area contributed by atoms with Crippen LogP contribution in [0, 0.1) is 5.92 Å². The van der Waals surface area contributed by atoms with Crippen LogP contribution in [0.15, 0.2) is 48.5 Å². The second kappa shape index (κ2) is 11.1. The number of carboxylic acids is 1. The highest BCUT2D eigenvalue weighted by Crippen LogP contribution is 2.44. The Labute approximate surface area is 193 Å². The second-order valence-electron chi connectivity index (χ2n) is 8.69. The zero-order valence-electron chi connectivity index (χ0n) is 19.0. The van der Waals surface area contributed by atoms with Gasteiger partial charge in [-0.3, -0.25) is 4.79 Å². The van der Waals surface area contributed by atoms with Crippen LogP contribution in [0.1, 0.15) is 56.6 Å². The van der Waals surface area contributed by atoms with E-state index in [-0.39, 0.29) is 43.5 Å². The number of Topliss-reactive ketones (excluding diaryl/α,β-unsaturated/α-hetero) is 1. The van der Waals surface area contributed by atoms with Gasteiger partial charge in [-0.1, -0.05) is 62.4 Å². The maximum absolute atomic E-state index is 12.4. The van der Waals surface area contributed by atoms with Crippen molar-refractivity contribution >= 4 is 17.8 Å². The average molecular weight is 454 g/mol. The van der Waals surface area contributed by atoms with Crippen molar-refractivity contribution in [3.63, 3.8) is 0 Å². The highest BCUT2D eigenvalue weighted by Gasteiger charge is 2.30. The van der Waals surface area contributed by atoms with Crippen LogP contribution in [0.5, 0.6) is 0 Å². The zero-order chi connectivity index (χ0) is 24.0. The molecule has 0 heterocycles. The number of ketones is 1. The molecule has 1 aliphatic rings. The number of hydrogen-bond acceptors (Lipinski definition) is 5. The number of nitrogens with one attached hydrogen (secondary N) is 1. The lowest BCUT2D eigenvalue weighted by Gasteiger charge is -2.21. The molecule has 1 amide bonds. The summed E-state index contributed by atoms with van der Waals surface area (Å²) in [6.07, 6.45) is -0.807. The molecule has 176 valence electrons. The van der Waals surface area contributed by atoms with Gasteiger partial charge in [0.15, 0.2) is 0 Å². The minimum Gasteiger partial charge on any atom is -0.480 e. The molecule has 2 aromatic carbocycles. The first-order valence-electron chi connectivity index (χ1n) is 11.3. The number of aliphatic hydroxyl groups excluding tert-OH is 1. The van der Waals surface area contributed by atoms with Crippen molar-refractivity contribution in [3.8, 4) is 11.1 Å². The number of carbonyl (C=O) groups excluding carboxylic acids is 2. The van der Waals surface area contributed by atoms with E-state index in [1.807, 2.05) is 48.5 Å². The van der Waals surface area contributed by atoms with Crippen LogP contribution in [0.3, 0.4) is 0 Å². The summed E-state index contributed by atoms with van der Waals surface area (Å²) in [5.41, 5.74) is 4.37. The van der Waals surface area contributed by atoms with E-state index >= 15 is 0 Å². The lowest BCUT2D eigenvalue weighted by molar-refractivity contribution is -0.140. The third kappa shape index (κ3) is 6.20. The van der Waals surface area contributed by atoms with Gasteiger partial charge in [0.1, 0.15) is 18.4 Å². The average Bonchev–Trinajstić information content (AvgIpc) is 3.10. The molecular weight excluding hydrogens is 422 g/mol. The van der Waals surface area contributed by atoms with Crippen LogP contribution < -0.4 is 5.32 Å². The third-order valence-corrected chi connectivity index (χ3v) is 6.10. The lowest BCUT2D eigenvalue weighted by Crippen LogP contribution is -2.42. The molecule has 0 unspecified atom stereocenters.